The van der Waals surface area contributed by atoms with Gasteiger partial charge in [-0.15, -0.1) is 5.10 Å². The fourth-order valence-electron chi connectivity index (χ4n) is 2.55. The second-order valence-electron chi connectivity index (χ2n) is 5.40. The fourth-order valence-corrected chi connectivity index (χ4v) is 3.37. The molecular weight excluding hydrogens is 264 g/mol. The molecule has 7 heteroatoms. The van der Waals surface area contributed by atoms with Crippen molar-refractivity contribution in [1.29, 1.82) is 0 Å². The van der Waals surface area contributed by atoms with Crippen molar-refractivity contribution in [3.63, 3.8) is 0 Å². The number of nitrogens with zero attached hydrogens (tertiary/aromatic N) is 3. The van der Waals surface area contributed by atoms with E-state index in [1.165, 1.54) is 22.7 Å². The second-order valence-corrected chi connectivity index (χ2v) is 6.35. The molecule has 0 saturated carbocycles. The lowest BCUT2D eigenvalue weighted by molar-refractivity contribution is -0.130. The Labute approximate surface area is 116 Å². The maximum Gasteiger partial charge on any atom is 0.343 e. The van der Waals surface area contributed by atoms with Gasteiger partial charge in [0.05, 0.1) is 5.75 Å². The van der Waals surface area contributed by atoms with Gasteiger partial charge in [-0.3, -0.25) is 9.36 Å². The Balaban J connectivity index is 1.91. The number of amides is 1. The lowest BCUT2D eigenvalue weighted by atomic mass is 9.92. The van der Waals surface area contributed by atoms with Crippen molar-refractivity contribution in [3.8, 4) is 0 Å². The summed E-state index contributed by atoms with van der Waals surface area (Å²) in [5.41, 5.74) is -0.254. The number of aromatic amines is 1. The number of hydrogen-bond acceptors (Lipinski definition) is 4. The van der Waals surface area contributed by atoms with Crippen LogP contribution in [0.1, 0.15) is 20.3 Å². The highest BCUT2D eigenvalue weighted by atomic mass is 32.2. The minimum Gasteiger partial charge on any atom is -0.341 e. The molecule has 0 bridgehead atoms. The van der Waals surface area contributed by atoms with Crippen molar-refractivity contribution in [1.82, 2.24) is 19.7 Å². The third kappa shape index (κ3) is 3.40. The number of thioether (sulfide) groups is 1. The Bertz CT molecular complexity index is 500. The Hall–Kier alpha value is -1.24. The molecule has 2 heterocycles. The molecule has 0 unspecified atom stereocenters. The van der Waals surface area contributed by atoms with Gasteiger partial charge in [0, 0.05) is 20.1 Å². The van der Waals surface area contributed by atoms with Crippen LogP contribution in [0.2, 0.25) is 0 Å². The number of H-pyrrole nitrogens is 1. The molecule has 1 fully saturated rings. The van der Waals surface area contributed by atoms with Crippen LogP contribution in [0, 0.1) is 11.8 Å². The molecule has 0 aliphatic carbocycles. The van der Waals surface area contributed by atoms with E-state index in [-0.39, 0.29) is 11.6 Å². The van der Waals surface area contributed by atoms with Crippen LogP contribution in [-0.2, 0) is 11.8 Å². The van der Waals surface area contributed by atoms with Crippen molar-refractivity contribution in [2.75, 3.05) is 18.8 Å². The Morgan fingerprint density at radius 2 is 2.05 bits per heavy atom. The molecule has 19 heavy (non-hydrogen) atoms. The highest BCUT2D eigenvalue weighted by Crippen LogP contribution is 2.22. The van der Waals surface area contributed by atoms with Gasteiger partial charge in [0.25, 0.3) is 0 Å². The summed E-state index contributed by atoms with van der Waals surface area (Å²) in [4.78, 5) is 25.3. The van der Waals surface area contributed by atoms with Crippen molar-refractivity contribution in [2.24, 2.45) is 18.9 Å². The molecular formula is C12H20N4O2S. The number of aromatic nitrogens is 3. The van der Waals surface area contributed by atoms with Crippen LogP contribution in [0.15, 0.2) is 9.95 Å². The van der Waals surface area contributed by atoms with Crippen molar-refractivity contribution in [3.05, 3.63) is 10.5 Å². The summed E-state index contributed by atoms with van der Waals surface area (Å²) in [6.07, 6.45) is 1.19. The minimum atomic E-state index is -0.254. The van der Waals surface area contributed by atoms with Crippen LogP contribution in [0.4, 0.5) is 0 Å². The van der Waals surface area contributed by atoms with Gasteiger partial charge >= 0.3 is 5.69 Å². The van der Waals surface area contributed by atoms with Gasteiger partial charge in [-0.2, -0.15) is 0 Å². The summed E-state index contributed by atoms with van der Waals surface area (Å²) in [5, 5.41) is 6.80. The van der Waals surface area contributed by atoms with E-state index in [9.17, 15) is 9.59 Å². The highest BCUT2D eigenvalue weighted by Gasteiger charge is 2.25. The maximum absolute atomic E-state index is 12.2. The number of rotatable bonds is 3. The van der Waals surface area contributed by atoms with E-state index in [0.717, 1.165) is 13.1 Å². The minimum absolute atomic E-state index is 0.124. The van der Waals surface area contributed by atoms with E-state index >= 15 is 0 Å². The summed E-state index contributed by atoms with van der Waals surface area (Å²) in [5.74, 6) is 1.58. The average Bonchev–Trinajstić information content (AvgIpc) is 2.66. The standard InChI is InChI=1S/C12H20N4O2S/c1-8-4-9(2)6-16(5-8)10(17)7-19-12-14-13-11(18)15(12)3/h8-9H,4-7H2,1-3H3,(H,13,18)/t8-,9+. The van der Waals surface area contributed by atoms with Gasteiger partial charge in [-0.25, -0.2) is 9.89 Å². The molecule has 1 amide bonds. The zero-order valence-electron chi connectivity index (χ0n) is 11.5. The molecule has 1 aromatic heterocycles. The van der Waals surface area contributed by atoms with E-state index in [1.807, 2.05) is 4.90 Å². The lowest BCUT2D eigenvalue weighted by Crippen LogP contribution is -2.43. The highest BCUT2D eigenvalue weighted by molar-refractivity contribution is 7.99. The van der Waals surface area contributed by atoms with Gasteiger partial charge in [0.1, 0.15) is 0 Å². The first-order chi connectivity index (χ1) is 8.97. The monoisotopic (exact) mass is 284 g/mol. The van der Waals surface area contributed by atoms with Crippen LogP contribution in [0.25, 0.3) is 0 Å². The molecule has 6 nitrogen and oxygen atoms in total. The molecule has 1 aliphatic heterocycles. The Kier molecular flexibility index (Phi) is 4.34. The third-order valence-electron chi connectivity index (χ3n) is 3.39. The van der Waals surface area contributed by atoms with Gasteiger partial charge < -0.3 is 4.90 Å². The summed E-state index contributed by atoms with van der Waals surface area (Å²) < 4.78 is 1.42. The van der Waals surface area contributed by atoms with Crippen LogP contribution < -0.4 is 5.69 Å². The van der Waals surface area contributed by atoms with Gasteiger partial charge in [0.15, 0.2) is 5.16 Å². The van der Waals surface area contributed by atoms with Gasteiger partial charge in [-0.1, -0.05) is 25.6 Å². The number of nitrogens with one attached hydrogen (secondary N) is 1. The summed E-state index contributed by atoms with van der Waals surface area (Å²) in [7, 11) is 1.64. The molecule has 1 saturated heterocycles. The number of carbonyl (C=O) groups is 1. The van der Waals surface area contributed by atoms with E-state index in [4.69, 9.17) is 0 Å². The van der Waals surface area contributed by atoms with Crippen molar-refractivity contribution in [2.45, 2.75) is 25.4 Å². The van der Waals surface area contributed by atoms with E-state index in [2.05, 4.69) is 24.0 Å². The predicted octanol–water partition coefficient (Wildman–Crippen LogP) is 0.705. The van der Waals surface area contributed by atoms with Crippen LogP contribution in [0.3, 0.4) is 0 Å². The topological polar surface area (TPSA) is 71.0 Å². The maximum atomic E-state index is 12.2. The van der Waals surface area contributed by atoms with Gasteiger partial charge in [0.2, 0.25) is 5.91 Å². The summed E-state index contributed by atoms with van der Waals surface area (Å²) in [6, 6.07) is 0. The molecule has 2 atom stereocenters. The second kappa shape index (κ2) is 5.81. The van der Waals surface area contributed by atoms with Crippen molar-refractivity contribution >= 4 is 17.7 Å². The number of carbonyl (C=O) groups excluding carboxylic acids is 1. The number of likely N-dealkylation sites (tertiary alicyclic amines) is 1. The first-order valence-corrected chi connectivity index (χ1v) is 7.48. The molecule has 1 aliphatic rings. The number of hydrogen-bond donors (Lipinski definition) is 1. The number of piperidine rings is 1. The first kappa shape index (κ1) is 14.2. The third-order valence-corrected chi connectivity index (χ3v) is 4.40. The zero-order chi connectivity index (χ0) is 14.0. The average molecular weight is 284 g/mol. The van der Waals surface area contributed by atoms with Crippen LogP contribution in [-0.4, -0.2) is 44.4 Å². The molecule has 1 N–H and O–H groups in total. The van der Waals surface area contributed by atoms with Gasteiger partial charge in [-0.05, 0) is 18.3 Å². The normalized spacial score (nSPS) is 23.6. The molecule has 0 spiro atoms. The van der Waals surface area contributed by atoms with Crippen LogP contribution in [0.5, 0.6) is 0 Å². The zero-order valence-corrected chi connectivity index (χ0v) is 12.4. The van der Waals surface area contributed by atoms with E-state index < -0.39 is 0 Å². The van der Waals surface area contributed by atoms with E-state index in [1.54, 1.807) is 7.05 Å². The SMILES string of the molecule is C[C@@H]1C[C@H](C)CN(C(=O)CSc2n[nH]c(=O)n2C)C1. The molecule has 0 radical (unpaired) electrons. The smallest absolute Gasteiger partial charge is 0.341 e. The summed E-state index contributed by atoms with van der Waals surface area (Å²) in [6.45, 7) is 6.04. The lowest BCUT2D eigenvalue weighted by Gasteiger charge is -2.34. The Morgan fingerprint density at radius 1 is 1.42 bits per heavy atom. The Morgan fingerprint density at radius 3 is 2.58 bits per heavy atom. The largest absolute Gasteiger partial charge is 0.343 e. The molecule has 1 aromatic rings. The molecule has 0 aromatic carbocycles. The van der Waals surface area contributed by atoms with Crippen LogP contribution >= 0.6 is 11.8 Å². The fraction of sp³-hybridized carbons (Fsp3) is 0.750. The molecule has 106 valence electrons. The predicted molar refractivity (Wildman–Crippen MR) is 74.1 cm³/mol. The molecule has 2 rings (SSSR count). The van der Waals surface area contributed by atoms with E-state index in [0.29, 0.717) is 22.7 Å². The first-order valence-electron chi connectivity index (χ1n) is 6.49. The quantitative estimate of drug-likeness (QED) is 0.830. The summed E-state index contributed by atoms with van der Waals surface area (Å²) >= 11 is 1.30. The van der Waals surface area contributed by atoms with Crippen molar-refractivity contribution < 1.29 is 4.79 Å².